The van der Waals surface area contributed by atoms with Crippen LogP contribution in [-0.4, -0.2) is 38.9 Å². The first-order chi connectivity index (χ1) is 7.86. The van der Waals surface area contributed by atoms with Gasteiger partial charge in [0.2, 0.25) is 5.88 Å². The van der Waals surface area contributed by atoms with Crippen molar-refractivity contribution in [3.05, 3.63) is 17.8 Å². The molecule has 0 aromatic carbocycles. The van der Waals surface area contributed by atoms with Gasteiger partial charge in [-0.3, -0.25) is 0 Å². The second-order valence-electron chi connectivity index (χ2n) is 3.50. The van der Waals surface area contributed by atoms with Crippen LogP contribution in [0, 0.1) is 0 Å². The highest BCUT2D eigenvalue weighted by Crippen LogP contribution is 2.34. The number of nitrogens with one attached hydrogen (secondary N) is 1. The molecule has 1 N–H and O–H groups in total. The van der Waals surface area contributed by atoms with Gasteiger partial charge >= 0.3 is 0 Å². The maximum absolute atomic E-state index is 5.69. The third kappa shape index (κ3) is 2.10. The van der Waals surface area contributed by atoms with E-state index in [0.29, 0.717) is 12.5 Å². The SMILES string of the molecule is COc1ccnc(OC)c1C1CNCCO1. The van der Waals surface area contributed by atoms with Crippen molar-refractivity contribution in [3.8, 4) is 11.6 Å². The maximum atomic E-state index is 5.69. The lowest BCUT2D eigenvalue weighted by Gasteiger charge is -2.26. The van der Waals surface area contributed by atoms with Gasteiger partial charge in [0, 0.05) is 19.3 Å². The zero-order chi connectivity index (χ0) is 11.4. The summed E-state index contributed by atoms with van der Waals surface area (Å²) in [5.74, 6) is 1.31. The molecule has 0 saturated carbocycles. The second kappa shape index (κ2) is 5.14. The zero-order valence-electron chi connectivity index (χ0n) is 9.53. The van der Waals surface area contributed by atoms with Gasteiger partial charge in [-0.2, -0.15) is 0 Å². The van der Waals surface area contributed by atoms with Crippen LogP contribution in [0.15, 0.2) is 12.3 Å². The summed E-state index contributed by atoms with van der Waals surface area (Å²) in [5.41, 5.74) is 0.875. The van der Waals surface area contributed by atoms with E-state index in [9.17, 15) is 0 Å². The number of hydrogen-bond donors (Lipinski definition) is 1. The van der Waals surface area contributed by atoms with E-state index in [2.05, 4.69) is 10.3 Å². The lowest BCUT2D eigenvalue weighted by atomic mass is 10.1. The molecule has 1 aromatic heterocycles. The van der Waals surface area contributed by atoms with E-state index in [-0.39, 0.29) is 6.10 Å². The number of nitrogens with zero attached hydrogens (tertiary/aromatic N) is 1. The molecule has 1 saturated heterocycles. The first-order valence-electron chi connectivity index (χ1n) is 5.26. The van der Waals surface area contributed by atoms with Crippen molar-refractivity contribution < 1.29 is 14.2 Å². The van der Waals surface area contributed by atoms with Crippen LogP contribution >= 0.6 is 0 Å². The smallest absolute Gasteiger partial charge is 0.222 e. The van der Waals surface area contributed by atoms with Crippen molar-refractivity contribution in [1.82, 2.24) is 10.3 Å². The molecule has 1 aromatic rings. The molecular formula is C11H16N2O3. The number of methoxy groups -OCH3 is 2. The fraction of sp³-hybridized carbons (Fsp3) is 0.545. The molecule has 88 valence electrons. The summed E-state index contributed by atoms with van der Waals surface area (Å²) >= 11 is 0. The Bertz CT molecular complexity index is 329. The van der Waals surface area contributed by atoms with Crippen molar-refractivity contribution in [2.24, 2.45) is 0 Å². The molecule has 0 radical (unpaired) electrons. The minimum atomic E-state index is -0.0626. The molecule has 1 atom stereocenters. The molecule has 5 nitrogen and oxygen atoms in total. The predicted octanol–water partition coefficient (Wildman–Crippen LogP) is 0.760. The van der Waals surface area contributed by atoms with Crippen LogP contribution in [0.2, 0.25) is 0 Å². The van der Waals surface area contributed by atoms with Crippen LogP contribution in [0.25, 0.3) is 0 Å². The van der Waals surface area contributed by atoms with Gasteiger partial charge in [-0.15, -0.1) is 0 Å². The number of ether oxygens (including phenoxy) is 3. The van der Waals surface area contributed by atoms with Crippen LogP contribution in [0.5, 0.6) is 11.6 Å². The van der Waals surface area contributed by atoms with E-state index < -0.39 is 0 Å². The summed E-state index contributed by atoms with van der Waals surface area (Å²) in [4.78, 5) is 4.17. The molecular weight excluding hydrogens is 208 g/mol. The molecule has 0 bridgehead atoms. The van der Waals surface area contributed by atoms with E-state index in [0.717, 1.165) is 24.4 Å². The molecule has 1 aliphatic rings. The van der Waals surface area contributed by atoms with Gasteiger partial charge in [-0.1, -0.05) is 0 Å². The largest absolute Gasteiger partial charge is 0.496 e. The zero-order valence-corrected chi connectivity index (χ0v) is 9.53. The van der Waals surface area contributed by atoms with Crippen LogP contribution < -0.4 is 14.8 Å². The number of morpholine rings is 1. The minimum Gasteiger partial charge on any atom is -0.496 e. The Morgan fingerprint density at radius 3 is 2.94 bits per heavy atom. The summed E-state index contributed by atoms with van der Waals surface area (Å²) < 4.78 is 16.2. The van der Waals surface area contributed by atoms with Gasteiger partial charge in [0.25, 0.3) is 0 Å². The van der Waals surface area contributed by atoms with Crippen molar-refractivity contribution in [3.63, 3.8) is 0 Å². The Hall–Kier alpha value is -1.33. The highest BCUT2D eigenvalue weighted by molar-refractivity contribution is 5.42. The average Bonchev–Trinajstić information content (AvgIpc) is 2.38. The van der Waals surface area contributed by atoms with Crippen molar-refractivity contribution in [2.75, 3.05) is 33.9 Å². The van der Waals surface area contributed by atoms with E-state index >= 15 is 0 Å². The molecule has 5 heteroatoms. The molecule has 0 amide bonds. The standard InChI is InChI=1S/C11H16N2O3/c1-14-8-3-4-13-11(15-2)10(8)9-7-12-5-6-16-9/h3-4,9,12H,5-7H2,1-2H3. The number of aromatic nitrogens is 1. The summed E-state index contributed by atoms with van der Waals surface area (Å²) in [6.07, 6.45) is 1.60. The minimum absolute atomic E-state index is 0.0626. The number of hydrogen-bond acceptors (Lipinski definition) is 5. The van der Waals surface area contributed by atoms with Crippen LogP contribution in [0.1, 0.15) is 11.7 Å². The molecule has 1 aliphatic heterocycles. The first kappa shape index (κ1) is 11.2. The Kier molecular flexibility index (Phi) is 3.58. The van der Waals surface area contributed by atoms with Crippen molar-refractivity contribution >= 4 is 0 Å². The highest BCUT2D eigenvalue weighted by Gasteiger charge is 2.24. The Labute approximate surface area is 94.7 Å². The molecule has 2 heterocycles. The first-order valence-corrected chi connectivity index (χ1v) is 5.26. The average molecular weight is 224 g/mol. The lowest BCUT2D eigenvalue weighted by Crippen LogP contribution is -2.33. The molecule has 1 unspecified atom stereocenters. The maximum Gasteiger partial charge on any atom is 0.222 e. The van der Waals surface area contributed by atoms with Gasteiger partial charge in [0.1, 0.15) is 11.9 Å². The number of rotatable bonds is 3. The monoisotopic (exact) mass is 224 g/mol. The quantitative estimate of drug-likeness (QED) is 0.821. The van der Waals surface area contributed by atoms with E-state index in [1.807, 2.05) is 6.07 Å². The highest BCUT2D eigenvalue weighted by atomic mass is 16.5. The summed E-state index contributed by atoms with van der Waals surface area (Å²) in [6.45, 7) is 2.31. The Morgan fingerprint density at radius 2 is 2.31 bits per heavy atom. The molecule has 0 aliphatic carbocycles. The second-order valence-corrected chi connectivity index (χ2v) is 3.50. The van der Waals surface area contributed by atoms with E-state index in [1.54, 1.807) is 20.4 Å². The third-order valence-corrected chi connectivity index (χ3v) is 2.58. The predicted molar refractivity (Wildman–Crippen MR) is 58.9 cm³/mol. The topological polar surface area (TPSA) is 52.6 Å². The summed E-state index contributed by atoms with van der Waals surface area (Å²) in [6, 6.07) is 1.82. The van der Waals surface area contributed by atoms with Gasteiger partial charge in [0.15, 0.2) is 0 Å². The molecule has 16 heavy (non-hydrogen) atoms. The molecule has 0 spiro atoms. The van der Waals surface area contributed by atoms with Crippen molar-refractivity contribution in [2.45, 2.75) is 6.10 Å². The molecule has 2 rings (SSSR count). The fourth-order valence-electron chi connectivity index (χ4n) is 1.83. The van der Waals surface area contributed by atoms with Crippen molar-refractivity contribution in [1.29, 1.82) is 0 Å². The van der Waals surface area contributed by atoms with Gasteiger partial charge < -0.3 is 19.5 Å². The number of pyridine rings is 1. The summed E-state index contributed by atoms with van der Waals surface area (Å²) in [5, 5.41) is 3.27. The van der Waals surface area contributed by atoms with Crippen LogP contribution in [-0.2, 0) is 4.74 Å². The third-order valence-electron chi connectivity index (χ3n) is 2.58. The van der Waals surface area contributed by atoms with E-state index in [4.69, 9.17) is 14.2 Å². The van der Waals surface area contributed by atoms with Crippen LogP contribution in [0.3, 0.4) is 0 Å². The van der Waals surface area contributed by atoms with Gasteiger partial charge in [-0.05, 0) is 6.07 Å². The van der Waals surface area contributed by atoms with E-state index in [1.165, 1.54) is 0 Å². The Morgan fingerprint density at radius 1 is 1.44 bits per heavy atom. The van der Waals surface area contributed by atoms with Gasteiger partial charge in [-0.25, -0.2) is 4.98 Å². The Balaban J connectivity index is 2.34. The van der Waals surface area contributed by atoms with Crippen LogP contribution in [0.4, 0.5) is 0 Å². The molecule has 1 fully saturated rings. The summed E-state index contributed by atoms with van der Waals surface area (Å²) in [7, 11) is 3.23. The van der Waals surface area contributed by atoms with Gasteiger partial charge in [0.05, 0.1) is 26.4 Å². The fourth-order valence-corrected chi connectivity index (χ4v) is 1.83. The lowest BCUT2D eigenvalue weighted by molar-refractivity contribution is 0.0244. The normalized spacial score (nSPS) is 20.5.